The largest absolute Gasteiger partial charge is 0.497 e. The van der Waals surface area contributed by atoms with Crippen LogP contribution in [-0.4, -0.2) is 40.4 Å². The van der Waals surface area contributed by atoms with Gasteiger partial charge in [-0.15, -0.1) is 0 Å². The molecule has 2 aromatic carbocycles. The fraction of sp³-hybridized carbons (Fsp3) is 0.393. The van der Waals surface area contributed by atoms with E-state index in [0.29, 0.717) is 11.5 Å². The molecule has 8 heteroatoms. The number of aromatic nitrogens is 2. The van der Waals surface area contributed by atoms with Gasteiger partial charge in [0.05, 0.1) is 31.0 Å². The molecule has 1 heterocycles. The second kappa shape index (κ2) is 12.2. The van der Waals surface area contributed by atoms with Crippen LogP contribution in [0.5, 0.6) is 5.75 Å². The standard InChI is InChI=1S/C28H36N4O4/c1-18(2)16-25(30-21-8-6-20(7-9-21)28(35)29-15-14-26(33)34)24-17-32(31-27(24)19(3)4)22-10-12-23(36-5)13-11-22/h6-13,17-19,25,30H,14-16H2,1-5H3,(H,29,35)(H,33,34). The second-order valence-electron chi connectivity index (χ2n) is 9.57. The van der Waals surface area contributed by atoms with Gasteiger partial charge in [0.25, 0.3) is 5.91 Å². The summed E-state index contributed by atoms with van der Waals surface area (Å²) in [7, 11) is 1.65. The van der Waals surface area contributed by atoms with E-state index in [2.05, 4.69) is 44.5 Å². The van der Waals surface area contributed by atoms with Gasteiger partial charge in [-0.2, -0.15) is 5.10 Å². The maximum absolute atomic E-state index is 12.3. The molecule has 0 bridgehead atoms. The van der Waals surface area contributed by atoms with E-state index in [0.717, 1.165) is 34.8 Å². The number of carboxylic acid groups (broad SMARTS) is 1. The Bertz CT molecular complexity index is 1150. The molecule has 0 fully saturated rings. The normalized spacial score (nSPS) is 12.0. The van der Waals surface area contributed by atoms with Crippen molar-refractivity contribution < 1.29 is 19.4 Å². The Balaban J connectivity index is 1.84. The lowest BCUT2D eigenvalue weighted by Crippen LogP contribution is -2.25. The molecule has 0 aliphatic carbocycles. The Kier molecular flexibility index (Phi) is 9.11. The summed E-state index contributed by atoms with van der Waals surface area (Å²) in [4.78, 5) is 22.9. The number of carbonyl (C=O) groups excluding carboxylic acids is 1. The van der Waals surface area contributed by atoms with Gasteiger partial charge in [0.2, 0.25) is 0 Å². The van der Waals surface area contributed by atoms with Crippen LogP contribution < -0.4 is 15.4 Å². The molecule has 1 atom stereocenters. The average Bonchev–Trinajstić information content (AvgIpc) is 3.29. The molecule has 192 valence electrons. The number of ether oxygens (including phenoxy) is 1. The first kappa shape index (κ1) is 26.8. The molecule has 1 amide bonds. The molecule has 0 aliphatic heterocycles. The van der Waals surface area contributed by atoms with Gasteiger partial charge in [-0.05, 0) is 66.8 Å². The minimum atomic E-state index is -0.942. The summed E-state index contributed by atoms with van der Waals surface area (Å²) in [5.41, 5.74) is 4.53. The van der Waals surface area contributed by atoms with Gasteiger partial charge >= 0.3 is 5.97 Å². The Hall–Kier alpha value is -3.81. The molecule has 0 radical (unpaired) electrons. The fourth-order valence-corrected chi connectivity index (χ4v) is 4.02. The molecule has 3 aromatic rings. The molecule has 1 unspecified atom stereocenters. The van der Waals surface area contributed by atoms with E-state index in [1.807, 2.05) is 41.1 Å². The van der Waals surface area contributed by atoms with Gasteiger partial charge < -0.3 is 20.5 Å². The SMILES string of the molecule is COc1ccc(-n2cc(C(CC(C)C)Nc3ccc(C(=O)NCCC(=O)O)cc3)c(C(C)C)n2)cc1. The summed E-state index contributed by atoms with van der Waals surface area (Å²) in [6.45, 7) is 8.79. The van der Waals surface area contributed by atoms with E-state index in [1.165, 1.54) is 0 Å². The molecule has 3 rings (SSSR count). The molecule has 1 aromatic heterocycles. The lowest BCUT2D eigenvalue weighted by molar-refractivity contribution is -0.136. The monoisotopic (exact) mass is 492 g/mol. The summed E-state index contributed by atoms with van der Waals surface area (Å²) in [5.74, 6) is 0.263. The number of rotatable bonds is 12. The van der Waals surface area contributed by atoms with Gasteiger partial charge in [0, 0.05) is 29.6 Å². The highest BCUT2D eigenvalue weighted by molar-refractivity contribution is 5.94. The zero-order valence-electron chi connectivity index (χ0n) is 21.6. The van der Waals surface area contributed by atoms with Crippen molar-refractivity contribution in [3.8, 4) is 11.4 Å². The van der Waals surface area contributed by atoms with Crippen LogP contribution in [0, 0.1) is 5.92 Å². The maximum atomic E-state index is 12.3. The number of amides is 1. The van der Waals surface area contributed by atoms with Crippen molar-refractivity contribution in [2.75, 3.05) is 19.0 Å². The first-order valence-electron chi connectivity index (χ1n) is 12.3. The van der Waals surface area contributed by atoms with Gasteiger partial charge in [-0.3, -0.25) is 9.59 Å². The van der Waals surface area contributed by atoms with Crippen LogP contribution >= 0.6 is 0 Å². The van der Waals surface area contributed by atoms with Crippen molar-refractivity contribution >= 4 is 17.6 Å². The Labute approximate surface area is 212 Å². The molecule has 0 spiro atoms. The number of benzene rings is 2. The van der Waals surface area contributed by atoms with E-state index in [1.54, 1.807) is 19.2 Å². The summed E-state index contributed by atoms with van der Waals surface area (Å²) in [6.07, 6.45) is 2.90. The number of carboxylic acids is 1. The molecule has 0 saturated carbocycles. The van der Waals surface area contributed by atoms with E-state index in [4.69, 9.17) is 14.9 Å². The number of hydrogen-bond donors (Lipinski definition) is 3. The minimum absolute atomic E-state index is 0.0321. The number of hydrogen-bond acceptors (Lipinski definition) is 5. The van der Waals surface area contributed by atoms with Crippen LogP contribution in [0.3, 0.4) is 0 Å². The zero-order chi connectivity index (χ0) is 26.2. The summed E-state index contributed by atoms with van der Waals surface area (Å²) in [5, 5.41) is 19.9. The van der Waals surface area contributed by atoms with Crippen molar-refractivity contribution in [2.45, 2.75) is 52.5 Å². The Morgan fingerprint density at radius 3 is 2.25 bits per heavy atom. The quantitative estimate of drug-likeness (QED) is 0.312. The average molecular weight is 493 g/mol. The smallest absolute Gasteiger partial charge is 0.305 e. The van der Waals surface area contributed by atoms with E-state index >= 15 is 0 Å². The van der Waals surface area contributed by atoms with E-state index < -0.39 is 5.97 Å². The van der Waals surface area contributed by atoms with Crippen LogP contribution in [0.15, 0.2) is 54.7 Å². The summed E-state index contributed by atoms with van der Waals surface area (Å²) in [6, 6.07) is 15.1. The summed E-state index contributed by atoms with van der Waals surface area (Å²) >= 11 is 0. The predicted octanol–water partition coefficient (Wildman–Crippen LogP) is 5.41. The van der Waals surface area contributed by atoms with Gasteiger partial charge in [0.15, 0.2) is 0 Å². The number of nitrogens with zero attached hydrogens (tertiary/aromatic N) is 2. The molecule has 0 saturated heterocycles. The Morgan fingerprint density at radius 1 is 1.03 bits per heavy atom. The van der Waals surface area contributed by atoms with E-state index in [-0.39, 0.29) is 30.8 Å². The molecule has 0 aliphatic rings. The van der Waals surface area contributed by atoms with Gasteiger partial charge in [-0.1, -0.05) is 27.7 Å². The molecular weight excluding hydrogens is 456 g/mol. The third kappa shape index (κ3) is 7.10. The number of anilines is 1. The highest BCUT2D eigenvalue weighted by atomic mass is 16.5. The van der Waals surface area contributed by atoms with Crippen molar-refractivity contribution in [3.05, 3.63) is 71.5 Å². The minimum Gasteiger partial charge on any atom is -0.497 e. The van der Waals surface area contributed by atoms with E-state index in [9.17, 15) is 9.59 Å². The molecule has 8 nitrogen and oxygen atoms in total. The number of carbonyl (C=O) groups is 2. The van der Waals surface area contributed by atoms with Crippen molar-refractivity contribution in [1.82, 2.24) is 15.1 Å². The molecule has 3 N–H and O–H groups in total. The van der Waals surface area contributed by atoms with Crippen molar-refractivity contribution in [3.63, 3.8) is 0 Å². The molecule has 36 heavy (non-hydrogen) atoms. The third-order valence-electron chi connectivity index (χ3n) is 5.85. The van der Waals surface area contributed by atoms with Crippen LogP contribution in [-0.2, 0) is 4.79 Å². The predicted molar refractivity (Wildman–Crippen MR) is 141 cm³/mol. The lowest BCUT2D eigenvalue weighted by Gasteiger charge is -2.23. The van der Waals surface area contributed by atoms with Crippen LogP contribution in [0.1, 0.15) is 74.1 Å². The second-order valence-corrected chi connectivity index (χ2v) is 9.57. The van der Waals surface area contributed by atoms with Crippen molar-refractivity contribution in [1.29, 1.82) is 0 Å². The first-order valence-corrected chi connectivity index (χ1v) is 12.3. The van der Waals surface area contributed by atoms with Crippen LogP contribution in [0.2, 0.25) is 0 Å². The van der Waals surface area contributed by atoms with Crippen molar-refractivity contribution in [2.24, 2.45) is 5.92 Å². The van der Waals surface area contributed by atoms with Gasteiger partial charge in [-0.25, -0.2) is 4.68 Å². The van der Waals surface area contributed by atoms with Crippen LogP contribution in [0.25, 0.3) is 5.69 Å². The highest BCUT2D eigenvalue weighted by Crippen LogP contribution is 2.32. The molecular formula is C28H36N4O4. The maximum Gasteiger partial charge on any atom is 0.305 e. The fourth-order valence-electron chi connectivity index (χ4n) is 4.02. The van der Waals surface area contributed by atoms with Gasteiger partial charge in [0.1, 0.15) is 5.75 Å². The number of methoxy groups -OCH3 is 1. The first-order chi connectivity index (χ1) is 17.2. The third-order valence-corrected chi connectivity index (χ3v) is 5.85. The highest BCUT2D eigenvalue weighted by Gasteiger charge is 2.23. The summed E-state index contributed by atoms with van der Waals surface area (Å²) < 4.78 is 7.20. The zero-order valence-corrected chi connectivity index (χ0v) is 21.6. The topological polar surface area (TPSA) is 105 Å². The lowest BCUT2D eigenvalue weighted by atomic mass is 9.94. The number of nitrogens with one attached hydrogen (secondary N) is 2. The number of aliphatic carboxylic acids is 1. The van der Waals surface area contributed by atoms with Crippen LogP contribution in [0.4, 0.5) is 5.69 Å². The Morgan fingerprint density at radius 2 is 1.69 bits per heavy atom.